The molecule has 1 atom stereocenters. The summed E-state index contributed by atoms with van der Waals surface area (Å²) in [6.45, 7) is 0. The second-order valence-corrected chi connectivity index (χ2v) is 6.06. The second-order valence-electron chi connectivity index (χ2n) is 4.41. The summed E-state index contributed by atoms with van der Waals surface area (Å²) in [4.78, 5) is 0. The van der Waals surface area contributed by atoms with E-state index in [-0.39, 0.29) is 11.5 Å². The molecule has 0 radical (unpaired) electrons. The van der Waals surface area contributed by atoms with Crippen molar-refractivity contribution in [1.82, 2.24) is 0 Å². The number of primary sulfonamides is 1. The van der Waals surface area contributed by atoms with Crippen molar-refractivity contribution in [1.29, 1.82) is 0 Å². The minimum absolute atomic E-state index is 0.0211. The third kappa shape index (κ3) is 2.67. The molecule has 0 spiro atoms. The highest BCUT2D eigenvalue weighted by molar-refractivity contribution is 7.89. The van der Waals surface area contributed by atoms with Gasteiger partial charge in [-0.25, -0.2) is 13.6 Å². The Kier molecular flexibility index (Phi) is 3.14. The molecule has 2 rings (SSSR count). The van der Waals surface area contributed by atoms with Crippen molar-refractivity contribution < 1.29 is 21.6 Å². The smallest absolute Gasteiger partial charge is 0.228 e. The lowest BCUT2D eigenvalue weighted by Crippen LogP contribution is -2.34. The van der Waals surface area contributed by atoms with Gasteiger partial charge in [-0.2, -0.15) is 13.2 Å². The second kappa shape index (κ2) is 4.24. The molecule has 0 heterocycles. The molecule has 1 aliphatic carbocycles. The fourth-order valence-electron chi connectivity index (χ4n) is 2.06. The highest BCUT2D eigenvalue weighted by Gasteiger charge is 2.50. The zero-order valence-electron chi connectivity index (χ0n) is 9.31. The Morgan fingerprint density at radius 1 is 1.22 bits per heavy atom. The van der Waals surface area contributed by atoms with Gasteiger partial charge in [0.1, 0.15) is 0 Å². The Labute approximate surface area is 103 Å². The number of nitrogens with two attached hydrogens (primary N) is 1. The maximum Gasteiger partial charge on any atom is 0.410 e. The lowest BCUT2D eigenvalue weighted by atomic mass is 10.0. The molecule has 1 aromatic rings. The van der Waals surface area contributed by atoms with Gasteiger partial charge in [-0.1, -0.05) is 24.3 Å². The van der Waals surface area contributed by atoms with Crippen LogP contribution in [0.15, 0.2) is 24.3 Å². The van der Waals surface area contributed by atoms with Crippen molar-refractivity contribution >= 4 is 10.0 Å². The van der Waals surface area contributed by atoms with Gasteiger partial charge in [-0.05, 0) is 29.9 Å². The van der Waals surface area contributed by atoms with Crippen LogP contribution in [0.2, 0.25) is 0 Å². The first-order valence-electron chi connectivity index (χ1n) is 5.38. The molecule has 2 N–H and O–H groups in total. The predicted octanol–water partition coefficient (Wildman–Crippen LogP) is 2.46. The average molecular weight is 279 g/mol. The van der Waals surface area contributed by atoms with Crippen molar-refractivity contribution in [2.75, 3.05) is 0 Å². The van der Waals surface area contributed by atoms with Gasteiger partial charge in [-0.15, -0.1) is 0 Å². The molecule has 0 bridgehead atoms. The van der Waals surface area contributed by atoms with E-state index in [1.165, 1.54) is 18.2 Å². The van der Waals surface area contributed by atoms with Crippen LogP contribution in [0, 0.1) is 0 Å². The summed E-state index contributed by atoms with van der Waals surface area (Å²) in [7, 11) is -4.73. The first-order chi connectivity index (χ1) is 8.21. The summed E-state index contributed by atoms with van der Waals surface area (Å²) < 4.78 is 61.2. The molecule has 18 heavy (non-hydrogen) atoms. The summed E-state index contributed by atoms with van der Waals surface area (Å²) in [5.41, 5.74) is 0.198. The predicted molar refractivity (Wildman–Crippen MR) is 60.3 cm³/mol. The van der Waals surface area contributed by atoms with Crippen molar-refractivity contribution in [2.45, 2.75) is 30.2 Å². The van der Waals surface area contributed by atoms with Crippen LogP contribution >= 0.6 is 0 Å². The van der Waals surface area contributed by atoms with Crippen LogP contribution in [0.4, 0.5) is 13.2 Å². The molecular formula is C11H12F3NO2S. The van der Waals surface area contributed by atoms with Crippen LogP contribution < -0.4 is 5.14 Å². The largest absolute Gasteiger partial charge is 0.410 e. The van der Waals surface area contributed by atoms with Gasteiger partial charge in [0.2, 0.25) is 10.0 Å². The Bertz CT molecular complexity index is 550. The van der Waals surface area contributed by atoms with Gasteiger partial charge in [0.25, 0.3) is 0 Å². The number of halogens is 3. The van der Waals surface area contributed by atoms with Crippen molar-refractivity contribution in [2.24, 2.45) is 5.14 Å². The van der Waals surface area contributed by atoms with Gasteiger partial charge in [0.15, 0.2) is 5.25 Å². The van der Waals surface area contributed by atoms with Crippen molar-refractivity contribution in [3.63, 3.8) is 0 Å². The number of hydrogen-bond acceptors (Lipinski definition) is 2. The number of hydrogen-bond donors (Lipinski definition) is 1. The average Bonchev–Trinajstić information content (AvgIpc) is 2.97. The van der Waals surface area contributed by atoms with Crippen LogP contribution in [0.25, 0.3) is 0 Å². The van der Waals surface area contributed by atoms with Crippen molar-refractivity contribution in [3.05, 3.63) is 35.4 Å². The van der Waals surface area contributed by atoms with Crippen LogP contribution in [-0.4, -0.2) is 14.6 Å². The summed E-state index contributed by atoms with van der Waals surface area (Å²) in [5.74, 6) is 0.0211. The molecule has 1 fully saturated rings. The van der Waals surface area contributed by atoms with E-state index in [0.717, 1.165) is 12.8 Å². The van der Waals surface area contributed by atoms with E-state index < -0.39 is 21.4 Å². The standard InChI is InChI=1S/C11H12F3NO2S/c12-11(13,14)10(18(15,16)17)9-4-2-1-3-8(9)7-5-6-7/h1-4,7,10H,5-6H2,(H2,15,16,17). The summed E-state index contributed by atoms with van der Waals surface area (Å²) in [6, 6.07) is 5.73. The summed E-state index contributed by atoms with van der Waals surface area (Å²) in [5, 5.41) is 2.10. The molecule has 7 heteroatoms. The molecular weight excluding hydrogens is 267 g/mol. The lowest BCUT2D eigenvalue weighted by Gasteiger charge is -2.21. The quantitative estimate of drug-likeness (QED) is 0.923. The molecule has 100 valence electrons. The maximum atomic E-state index is 12.9. The normalized spacial score (nSPS) is 18.7. The van der Waals surface area contributed by atoms with Gasteiger partial charge < -0.3 is 0 Å². The van der Waals surface area contributed by atoms with E-state index in [0.29, 0.717) is 5.56 Å². The minimum Gasteiger partial charge on any atom is -0.228 e. The Morgan fingerprint density at radius 2 is 1.78 bits per heavy atom. The maximum absolute atomic E-state index is 12.9. The Hall–Kier alpha value is -1.08. The van der Waals surface area contributed by atoms with E-state index in [1.807, 2.05) is 0 Å². The molecule has 1 unspecified atom stereocenters. The van der Waals surface area contributed by atoms with Gasteiger partial charge in [-0.3, -0.25) is 0 Å². The Morgan fingerprint density at radius 3 is 2.22 bits per heavy atom. The fraction of sp³-hybridized carbons (Fsp3) is 0.455. The van der Waals surface area contributed by atoms with E-state index in [2.05, 4.69) is 0 Å². The molecule has 3 nitrogen and oxygen atoms in total. The number of rotatable bonds is 3. The van der Waals surface area contributed by atoms with Crippen LogP contribution in [0.3, 0.4) is 0 Å². The molecule has 0 saturated heterocycles. The third-order valence-electron chi connectivity index (χ3n) is 2.92. The lowest BCUT2D eigenvalue weighted by molar-refractivity contribution is -0.131. The van der Waals surface area contributed by atoms with Crippen LogP contribution in [-0.2, 0) is 10.0 Å². The number of benzene rings is 1. The number of alkyl halides is 3. The third-order valence-corrected chi connectivity index (χ3v) is 4.10. The zero-order valence-corrected chi connectivity index (χ0v) is 10.1. The van der Waals surface area contributed by atoms with E-state index in [9.17, 15) is 21.6 Å². The van der Waals surface area contributed by atoms with E-state index >= 15 is 0 Å². The van der Waals surface area contributed by atoms with E-state index in [4.69, 9.17) is 5.14 Å². The summed E-state index contributed by atoms with van der Waals surface area (Å²) in [6.07, 6.45) is -3.34. The topological polar surface area (TPSA) is 60.2 Å². The molecule has 1 saturated carbocycles. The molecule has 0 amide bonds. The monoisotopic (exact) mass is 279 g/mol. The van der Waals surface area contributed by atoms with Gasteiger partial charge in [0, 0.05) is 0 Å². The highest BCUT2D eigenvalue weighted by Crippen LogP contribution is 2.47. The van der Waals surface area contributed by atoms with Gasteiger partial charge >= 0.3 is 6.18 Å². The minimum atomic E-state index is -4.90. The highest BCUT2D eigenvalue weighted by atomic mass is 32.2. The zero-order chi connectivity index (χ0) is 13.6. The fourth-order valence-corrected chi connectivity index (χ4v) is 3.00. The molecule has 0 aromatic heterocycles. The van der Waals surface area contributed by atoms with Crippen LogP contribution in [0.1, 0.15) is 35.1 Å². The van der Waals surface area contributed by atoms with Gasteiger partial charge in [0.05, 0.1) is 0 Å². The molecule has 1 aliphatic rings. The van der Waals surface area contributed by atoms with Crippen molar-refractivity contribution in [3.8, 4) is 0 Å². The molecule has 1 aromatic carbocycles. The number of sulfonamides is 1. The van der Waals surface area contributed by atoms with Crippen LogP contribution in [0.5, 0.6) is 0 Å². The Balaban J connectivity index is 2.56. The van der Waals surface area contributed by atoms with E-state index in [1.54, 1.807) is 6.07 Å². The first-order valence-corrected chi connectivity index (χ1v) is 6.99. The first kappa shape index (κ1) is 13.4. The summed E-state index contributed by atoms with van der Waals surface area (Å²) >= 11 is 0. The SMILES string of the molecule is NS(=O)(=O)C(c1ccccc1C1CC1)C(F)(F)F. The molecule has 0 aliphatic heterocycles.